The predicted molar refractivity (Wildman–Crippen MR) is 52.4 cm³/mol. The van der Waals surface area contributed by atoms with Crippen molar-refractivity contribution in [2.24, 2.45) is 0 Å². The van der Waals surface area contributed by atoms with Gasteiger partial charge in [0.05, 0.1) is 0 Å². The van der Waals surface area contributed by atoms with Gasteiger partial charge in [-0.15, -0.1) is 0 Å². The summed E-state index contributed by atoms with van der Waals surface area (Å²) in [6.45, 7) is 3.19. The zero-order chi connectivity index (χ0) is 8.81. The molecule has 0 aromatic heterocycles. The Bertz CT molecular complexity index is 146. The standard InChI is InChI=1S/C8H16N2OS/c1-7(11)9-3-4-10-8-2-5-12-6-8/h8,10H,2-6H2,1H3,(H,9,11)/t8-/m0/s1. The van der Waals surface area contributed by atoms with Crippen LogP contribution in [-0.2, 0) is 4.79 Å². The van der Waals surface area contributed by atoms with E-state index in [1.807, 2.05) is 11.8 Å². The number of amides is 1. The van der Waals surface area contributed by atoms with Gasteiger partial charge in [0.2, 0.25) is 5.91 Å². The Morgan fingerprint density at radius 2 is 2.42 bits per heavy atom. The fourth-order valence-electron chi connectivity index (χ4n) is 1.21. The van der Waals surface area contributed by atoms with E-state index in [1.54, 1.807) is 6.92 Å². The second-order valence-corrected chi connectivity index (χ2v) is 4.15. The van der Waals surface area contributed by atoms with E-state index in [1.165, 1.54) is 17.9 Å². The Kier molecular flexibility index (Phi) is 4.46. The van der Waals surface area contributed by atoms with E-state index in [-0.39, 0.29) is 5.91 Å². The summed E-state index contributed by atoms with van der Waals surface area (Å²) < 4.78 is 0. The van der Waals surface area contributed by atoms with E-state index >= 15 is 0 Å². The van der Waals surface area contributed by atoms with Gasteiger partial charge in [0, 0.05) is 31.8 Å². The van der Waals surface area contributed by atoms with Gasteiger partial charge in [0.1, 0.15) is 0 Å². The lowest BCUT2D eigenvalue weighted by molar-refractivity contribution is -0.118. The van der Waals surface area contributed by atoms with E-state index < -0.39 is 0 Å². The molecule has 1 aliphatic rings. The Hall–Kier alpha value is -0.220. The first-order valence-corrected chi connectivity index (χ1v) is 5.50. The highest BCUT2D eigenvalue weighted by Gasteiger charge is 2.13. The molecule has 0 bridgehead atoms. The molecule has 1 atom stereocenters. The van der Waals surface area contributed by atoms with Crippen LogP contribution in [0.2, 0.25) is 0 Å². The highest BCUT2D eigenvalue weighted by Crippen LogP contribution is 2.16. The summed E-state index contributed by atoms with van der Waals surface area (Å²) in [7, 11) is 0. The SMILES string of the molecule is CC(=O)NCCN[C@H]1CCSC1. The van der Waals surface area contributed by atoms with Crippen LogP contribution < -0.4 is 10.6 Å². The van der Waals surface area contributed by atoms with Gasteiger partial charge < -0.3 is 10.6 Å². The second-order valence-electron chi connectivity index (χ2n) is 3.00. The highest BCUT2D eigenvalue weighted by atomic mass is 32.2. The van der Waals surface area contributed by atoms with Crippen molar-refractivity contribution in [3.63, 3.8) is 0 Å². The average molecular weight is 188 g/mol. The summed E-state index contributed by atoms with van der Waals surface area (Å²) in [5.74, 6) is 2.55. The molecule has 1 aliphatic heterocycles. The number of thioether (sulfide) groups is 1. The third kappa shape index (κ3) is 3.97. The molecule has 0 radical (unpaired) electrons. The van der Waals surface area contributed by atoms with Gasteiger partial charge in [0.15, 0.2) is 0 Å². The summed E-state index contributed by atoms with van der Waals surface area (Å²) >= 11 is 2.00. The van der Waals surface area contributed by atoms with Crippen molar-refractivity contribution in [3.05, 3.63) is 0 Å². The van der Waals surface area contributed by atoms with Crippen molar-refractivity contribution in [1.82, 2.24) is 10.6 Å². The van der Waals surface area contributed by atoms with Crippen molar-refractivity contribution < 1.29 is 4.79 Å². The van der Waals surface area contributed by atoms with E-state index in [9.17, 15) is 4.79 Å². The minimum absolute atomic E-state index is 0.0533. The second kappa shape index (κ2) is 5.43. The van der Waals surface area contributed by atoms with Gasteiger partial charge in [-0.2, -0.15) is 11.8 Å². The van der Waals surface area contributed by atoms with Crippen molar-refractivity contribution in [2.75, 3.05) is 24.6 Å². The van der Waals surface area contributed by atoms with Crippen LogP contribution in [0.1, 0.15) is 13.3 Å². The van der Waals surface area contributed by atoms with E-state index in [0.29, 0.717) is 6.04 Å². The summed E-state index contributed by atoms with van der Waals surface area (Å²) in [5, 5.41) is 6.16. The Labute approximate surface area is 77.7 Å². The zero-order valence-electron chi connectivity index (χ0n) is 7.43. The van der Waals surface area contributed by atoms with Crippen LogP contribution >= 0.6 is 11.8 Å². The lowest BCUT2D eigenvalue weighted by Crippen LogP contribution is -2.36. The lowest BCUT2D eigenvalue weighted by atomic mass is 10.3. The van der Waals surface area contributed by atoms with E-state index in [0.717, 1.165) is 13.1 Å². The van der Waals surface area contributed by atoms with Gasteiger partial charge in [0.25, 0.3) is 0 Å². The fourth-order valence-corrected chi connectivity index (χ4v) is 2.40. The van der Waals surface area contributed by atoms with Crippen molar-refractivity contribution >= 4 is 17.7 Å². The number of carbonyl (C=O) groups is 1. The Balaban J connectivity index is 1.91. The van der Waals surface area contributed by atoms with Crippen LogP contribution in [-0.4, -0.2) is 36.5 Å². The minimum atomic E-state index is 0.0533. The van der Waals surface area contributed by atoms with Crippen LogP contribution in [0, 0.1) is 0 Å². The maximum atomic E-state index is 10.5. The van der Waals surface area contributed by atoms with E-state index in [4.69, 9.17) is 0 Å². The molecule has 4 heteroatoms. The molecule has 12 heavy (non-hydrogen) atoms. The fraction of sp³-hybridized carbons (Fsp3) is 0.875. The van der Waals surface area contributed by atoms with Crippen molar-refractivity contribution in [1.29, 1.82) is 0 Å². The minimum Gasteiger partial charge on any atom is -0.355 e. The van der Waals surface area contributed by atoms with Gasteiger partial charge in [-0.3, -0.25) is 4.79 Å². The molecule has 0 saturated carbocycles. The maximum Gasteiger partial charge on any atom is 0.216 e. The van der Waals surface area contributed by atoms with Crippen LogP contribution in [0.15, 0.2) is 0 Å². The zero-order valence-corrected chi connectivity index (χ0v) is 8.25. The van der Waals surface area contributed by atoms with Gasteiger partial charge in [-0.25, -0.2) is 0 Å². The molecule has 0 aliphatic carbocycles. The predicted octanol–water partition coefficient (Wildman–Crippen LogP) is 0.218. The molecule has 2 N–H and O–H groups in total. The van der Waals surface area contributed by atoms with E-state index in [2.05, 4.69) is 10.6 Å². The van der Waals surface area contributed by atoms with Crippen LogP contribution in [0.25, 0.3) is 0 Å². The summed E-state index contributed by atoms with van der Waals surface area (Å²) in [5.41, 5.74) is 0. The van der Waals surface area contributed by atoms with Crippen LogP contribution in [0.5, 0.6) is 0 Å². The molecular weight excluding hydrogens is 172 g/mol. The molecule has 0 unspecified atom stereocenters. The molecule has 1 fully saturated rings. The lowest BCUT2D eigenvalue weighted by Gasteiger charge is -2.10. The first-order valence-electron chi connectivity index (χ1n) is 4.34. The van der Waals surface area contributed by atoms with Crippen LogP contribution in [0.3, 0.4) is 0 Å². The first kappa shape index (κ1) is 9.86. The largest absolute Gasteiger partial charge is 0.355 e. The molecule has 3 nitrogen and oxygen atoms in total. The first-order chi connectivity index (χ1) is 5.79. The van der Waals surface area contributed by atoms with Gasteiger partial charge in [-0.05, 0) is 12.2 Å². The molecular formula is C8H16N2OS. The quantitative estimate of drug-likeness (QED) is 0.620. The Morgan fingerprint density at radius 1 is 1.58 bits per heavy atom. The smallest absolute Gasteiger partial charge is 0.216 e. The third-order valence-electron chi connectivity index (χ3n) is 1.86. The topological polar surface area (TPSA) is 41.1 Å². The molecule has 1 amide bonds. The molecule has 0 spiro atoms. The number of hydrogen-bond donors (Lipinski definition) is 2. The third-order valence-corrected chi connectivity index (χ3v) is 3.02. The molecule has 1 saturated heterocycles. The van der Waals surface area contributed by atoms with Gasteiger partial charge >= 0.3 is 0 Å². The number of nitrogens with one attached hydrogen (secondary N) is 2. The number of rotatable bonds is 4. The number of carbonyl (C=O) groups excluding carboxylic acids is 1. The number of hydrogen-bond acceptors (Lipinski definition) is 3. The maximum absolute atomic E-state index is 10.5. The normalized spacial score (nSPS) is 22.6. The average Bonchev–Trinajstić information content (AvgIpc) is 2.49. The summed E-state index contributed by atoms with van der Waals surface area (Å²) in [6, 6.07) is 0.670. The molecule has 0 aromatic rings. The molecule has 1 rings (SSSR count). The molecule has 70 valence electrons. The summed E-state index contributed by atoms with van der Waals surface area (Å²) in [6.07, 6.45) is 1.27. The van der Waals surface area contributed by atoms with Gasteiger partial charge in [-0.1, -0.05) is 0 Å². The molecule has 0 aromatic carbocycles. The monoisotopic (exact) mass is 188 g/mol. The highest BCUT2D eigenvalue weighted by molar-refractivity contribution is 7.99. The van der Waals surface area contributed by atoms with Crippen molar-refractivity contribution in [2.45, 2.75) is 19.4 Å². The van der Waals surface area contributed by atoms with Crippen molar-refractivity contribution in [3.8, 4) is 0 Å². The summed E-state index contributed by atoms with van der Waals surface area (Å²) in [4.78, 5) is 10.5. The van der Waals surface area contributed by atoms with Crippen LogP contribution in [0.4, 0.5) is 0 Å². The Morgan fingerprint density at radius 3 is 3.00 bits per heavy atom. The molecule has 1 heterocycles.